The molecule has 26 heavy (non-hydrogen) atoms. The fraction of sp³-hybridized carbons (Fsp3) is 0.650. The van der Waals surface area contributed by atoms with E-state index in [1.165, 1.54) is 6.92 Å². The van der Waals surface area contributed by atoms with Crippen LogP contribution in [0.3, 0.4) is 0 Å². The molecule has 0 aromatic heterocycles. The van der Waals surface area contributed by atoms with Gasteiger partial charge in [0.1, 0.15) is 11.5 Å². The van der Waals surface area contributed by atoms with Crippen LogP contribution in [0.1, 0.15) is 37.8 Å². The molecule has 0 spiro atoms. The number of likely N-dealkylation sites (N-methyl/N-ethyl adjacent to an activating group) is 2. The predicted octanol–water partition coefficient (Wildman–Crippen LogP) is 2.88. The molecule has 0 heterocycles. The average Bonchev–Trinajstić information content (AvgIpc) is 2.49. The van der Waals surface area contributed by atoms with Crippen molar-refractivity contribution in [1.82, 2.24) is 9.80 Å². The summed E-state index contributed by atoms with van der Waals surface area (Å²) in [5.41, 5.74) is 1.55. The van der Waals surface area contributed by atoms with Gasteiger partial charge in [0.15, 0.2) is 0 Å². The SMILES string of the molecule is CC(=O)Oc1cc(C(C)C)c(O)cc1C.CN(C)CCOCCN(C)C. The van der Waals surface area contributed by atoms with E-state index in [9.17, 15) is 9.90 Å². The predicted molar refractivity (Wildman–Crippen MR) is 106 cm³/mol. The number of carbonyl (C=O) groups excluding carboxylic acids is 1. The van der Waals surface area contributed by atoms with E-state index in [-0.39, 0.29) is 17.6 Å². The third-order valence-corrected chi connectivity index (χ3v) is 3.57. The molecule has 1 N–H and O–H groups in total. The van der Waals surface area contributed by atoms with E-state index in [0.29, 0.717) is 5.75 Å². The van der Waals surface area contributed by atoms with Gasteiger partial charge >= 0.3 is 5.97 Å². The molecular formula is C20H36N2O4. The maximum Gasteiger partial charge on any atom is 0.308 e. The van der Waals surface area contributed by atoms with Crippen molar-refractivity contribution in [1.29, 1.82) is 0 Å². The number of aryl methyl sites for hydroxylation is 1. The Morgan fingerprint density at radius 1 is 1.08 bits per heavy atom. The largest absolute Gasteiger partial charge is 0.508 e. The van der Waals surface area contributed by atoms with Crippen LogP contribution in [0.5, 0.6) is 11.5 Å². The number of nitrogens with zero attached hydrogens (tertiary/aromatic N) is 2. The summed E-state index contributed by atoms with van der Waals surface area (Å²) in [5.74, 6) is 0.612. The summed E-state index contributed by atoms with van der Waals surface area (Å²) in [5, 5.41) is 9.68. The summed E-state index contributed by atoms with van der Waals surface area (Å²) < 4.78 is 10.4. The topological polar surface area (TPSA) is 62.2 Å². The maximum absolute atomic E-state index is 10.8. The summed E-state index contributed by atoms with van der Waals surface area (Å²) in [6.45, 7) is 10.8. The van der Waals surface area contributed by atoms with Gasteiger partial charge in [0.05, 0.1) is 13.2 Å². The van der Waals surface area contributed by atoms with Gasteiger partial charge in [0.2, 0.25) is 0 Å². The van der Waals surface area contributed by atoms with E-state index >= 15 is 0 Å². The van der Waals surface area contributed by atoms with Crippen molar-refractivity contribution in [3.63, 3.8) is 0 Å². The van der Waals surface area contributed by atoms with Gasteiger partial charge in [0, 0.05) is 25.6 Å². The highest BCUT2D eigenvalue weighted by atomic mass is 16.5. The quantitative estimate of drug-likeness (QED) is 0.432. The van der Waals surface area contributed by atoms with Crippen LogP contribution in [-0.2, 0) is 9.53 Å². The van der Waals surface area contributed by atoms with Crippen molar-refractivity contribution in [3.05, 3.63) is 23.3 Å². The summed E-state index contributed by atoms with van der Waals surface area (Å²) in [4.78, 5) is 15.1. The van der Waals surface area contributed by atoms with Crippen LogP contribution >= 0.6 is 0 Å². The molecule has 0 saturated carbocycles. The third kappa shape index (κ3) is 11.1. The minimum absolute atomic E-state index is 0.194. The molecule has 0 unspecified atom stereocenters. The zero-order valence-corrected chi connectivity index (χ0v) is 17.6. The molecule has 0 radical (unpaired) electrons. The number of benzene rings is 1. The van der Waals surface area contributed by atoms with Crippen LogP contribution < -0.4 is 4.74 Å². The molecule has 0 amide bonds. The average molecular weight is 369 g/mol. The second kappa shape index (κ2) is 12.7. The Hall–Kier alpha value is -1.63. The van der Waals surface area contributed by atoms with E-state index in [2.05, 4.69) is 38.0 Å². The molecule has 1 aromatic carbocycles. The van der Waals surface area contributed by atoms with Crippen LogP contribution in [-0.4, -0.2) is 75.4 Å². The van der Waals surface area contributed by atoms with Crippen LogP contribution in [0.15, 0.2) is 12.1 Å². The molecule has 6 heteroatoms. The van der Waals surface area contributed by atoms with Crippen LogP contribution in [0, 0.1) is 6.92 Å². The van der Waals surface area contributed by atoms with Crippen LogP contribution in [0.4, 0.5) is 0 Å². The second-order valence-corrected chi connectivity index (χ2v) is 7.14. The summed E-state index contributed by atoms with van der Waals surface area (Å²) >= 11 is 0. The number of esters is 1. The number of ether oxygens (including phenoxy) is 2. The van der Waals surface area contributed by atoms with Gasteiger partial charge in [-0.25, -0.2) is 0 Å². The Labute approximate surface area is 158 Å². The first-order valence-electron chi connectivity index (χ1n) is 8.93. The van der Waals surface area contributed by atoms with Gasteiger partial charge in [-0.2, -0.15) is 0 Å². The molecule has 0 atom stereocenters. The molecule has 0 fully saturated rings. The van der Waals surface area contributed by atoms with Gasteiger partial charge in [-0.05, 0) is 58.7 Å². The molecule has 1 rings (SSSR count). The Bertz CT molecular complexity index is 533. The lowest BCUT2D eigenvalue weighted by molar-refractivity contribution is -0.131. The van der Waals surface area contributed by atoms with E-state index < -0.39 is 0 Å². The molecule has 0 aliphatic carbocycles. The molecule has 0 aliphatic heterocycles. The molecule has 0 aliphatic rings. The van der Waals surface area contributed by atoms with Crippen molar-refractivity contribution < 1.29 is 19.4 Å². The van der Waals surface area contributed by atoms with Crippen molar-refractivity contribution in [2.75, 3.05) is 54.5 Å². The van der Waals surface area contributed by atoms with Gasteiger partial charge in [-0.1, -0.05) is 13.8 Å². The second-order valence-electron chi connectivity index (χ2n) is 7.14. The zero-order chi connectivity index (χ0) is 20.3. The molecule has 0 saturated heterocycles. The highest BCUT2D eigenvalue weighted by Crippen LogP contribution is 2.32. The monoisotopic (exact) mass is 368 g/mol. The number of aromatic hydroxyl groups is 1. The molecule has 150 valence electrons. The summed E-state index contributed by atoms with van der Waals surface area (Å²) in [6.07, 6.45) is 0. The first kappa shape index (κ1) is 24.4. The Balaban J connectivity index is 0.000000508. The Morgan fingerprint density at radius 2 is 1.58 bits per heavy atom. The standard InChI is InChI=1S/C12H16O3.C8H20N2O/c1-7(2)10-6-12(15-9(4)13)8(3)5-11(10)14;1-9(2)5-7-11-8-6-10(3)4/h5-7,14H,1-4H3;5-8H2,1-4H3. The van der Waals surface area contributed by atoms with Gasteiger partial charge in [0.25, 0.3) is 0 Å². The van der Waals surface area contributed by atoms with Gasteiger partial charge in [-0.15, -0.1) is 0 Å². The number of hydrogen-bond donors (Lipinski definition) is 1. The minimum Gasteiger partial charge on any atom is -0.508 e. The first-order chi connectivity index (χ1) is 12.0. The lowest BCUT2D eigenvalue weighted by atomic mass is 10.00. The Morgan fingerprint density at radius 3 is 1.96 bits per heavy atom. The van der Waals surface area contributed by atoms with Gasteiger partial charge in [-0.3, -0.25) is 4.79 Å². The first-order valence-corrected chi connectivity index (χ1v) is 8.93. The van der Waals surface area contributed by atoms with Crippen molar-refractivity contribution in [2.45, 2.75) is 33.6 Å². The van der Waals surface area contributed by atoms with E-state index in [1.807, 2.05) is 13.8 Å². The highest BCUT2D eigenvalue weighted by molar-refractivity contribution is 5.70. The van der Waals surface area contributed by atoms with Crippen molar-refractivity contribution in [3.8, 4) is 11.5 Å². The zero-order valence-electron chi connectivity index (χ0n) is 17.6. The van der Waals surface area contributed by atoms with Crippen LogP contribution in [0.2, 0.25) is 0 Å². The summed E-state index contributed by atoms with van der Waals surface area (Å²) in [7, 11) is 8.20. The molecule has 1 aromatic rings. The van der Waals surface area contributed by atoms with Crippen molar-refractivity contribution in [2.24, 2.45) is 0 Å². The maximum atomic E-state index is 10.8. The van der Waals surface area contributed by atoms with Gasteiger partial charge < -0.3 is 24.4 Å². The number of rotatable bonds is 8. The normalized spacial score (nSPS) is 10.9. The van der Waals surface area contributed by atoms with Crippen molar-refractivity contribution >= 4 is 5.97 Å². The summed E-state index contributed by atoms with van der Waals surface area (Å²) in [6, 6.07) is 3.34. The smallest absolute Gasteiger partial charge is 0.308 e. The van der Waals surface area contributed by atoms with E-state index in [0.717, 1.165) is 37.4 Å². The molecular weight excluding hydrogens is 332 g/mol. The minimum atomic E-state index is -0.349. The fourth-order valence-electron chi connectivity index (χ4n) is 2.01. The van der Waals surface area contributed by atoms with Crippen LogP contribution in [0.25, 0.3) is 0 Å². The van der Waals surface area contributed by atoms with E-state index in [1.54, 1.807) is 19.1 Å². The number of carbonyl (C=O) groups is 1. The molecule has 6 nitrogen and oxygen atoms in total. The van der Waals surface area contributed by atoms with E-state index in [4.69, 9.17) is 9.47 Å². The fourth-order valence-corrected chi connectivity index (χ4v) is 2.01. The lowest BCUT2D eigenvalue weighted by Crippen LogP contribution is -2.22. The third-order valence-electron chi connectivity index (χ3n) is 3.57. The Kier molecular flexibility index (Phi) is 11.9. The highest BCUT2D eigenvalue weighted by Gasteiger charge is 2.11. The lowest BCUT2D eigenvalue weighted by Gasteiger charge is -2.12. The number of phenols is 1. The molecule has 0 bridgehead atoms. The number of phenolic OH excluding ortho intramolecular Hbond substituents is 1. The number of hydrogen-bond acceptors (Lipinski definition) is 6.